The zero-order chi connectivity index (χ0) is 13.2. The van der Waals surface area contributed by atoms with Crippen molar-refractivity contribution in [1.82, 2.24) is 5.32 Å². The molecule has 4 heteroatoms. The van der Waals surface area contributed by atoms with Crippen LogP contribution >= 0.6 is 11.6 Å². The summed E-state index contributed by atoms with van der Waals surface area (Å²) in [6.07, 6.45) is 3.67. The van der Waals surface area contributed by atoms with Gasteiger partial charge < -0.3 is 15.3 Å². The van der Waals surface area contributed by atoms with Crippen LogP contribution in [0, 0.1) is 5.92 Å². The van der Waals surface area contributed by atoms with Crippen LogP contribution in [0.5, 0.6) is 0 Å². The predicted molar refractivity (Wildman–Crippen MR) is 78.7 cm³/mol. The number of anilines is 1. The van der Waals surface area contributed by atoms with Gasteiger partial charge in [-0.3, -0.25) is 0 Å². The third kappa shape index (κ3) is 3.22. The van der Waals surface area contributed by atoms with E-state index in [0.717, 1.165) is 42.8 Å². The van der Waals surface area contributed by atoms with Crippen LogP contribution in [0.25, 0.3) is 0 Å². The zero-order valence-corrected chi connectivity index (χ0v) is 11.9. The summed E-state index contributed by atoms with van der Waals surface area (Å²) in [5.74, 6) is 0.396. The first-order valence-electron chi connectivity index (χ1n) is 7.14. The van der Waals surface area contributed by atoms with E-state index >= 15 is 0 Å². The Morgan fingerprint density at radius 1 is 1.32 bits per heavy atom. The van der Waals surface area contributed by atoms with E-state index in [9.17, 15) is 5.11 Å². The SMILES string of the molecule is OCC1CCN(c2ccc(CNC3CC3)cc2Cl)C1. The second kappa shape index (κ2) is 5.70. The first-order chi connectivity index (χ1) is 9.26. The molecule has 3 nitrogen and oxygen atoms in total. The van der Waals surface area contributed by atoms with Crippen molar-refractivity contribution in [2.24, 2.45) is 5.92 Å². The molecule has 2 aliphatic rings. The molecule has 0 aromatic heterocycles. The molecule has 1 aliphatic heterocycles. The van der Waals surface area contributed by atoms with Crippen LogP contribution in [-0.4, -0.2) is 30.8 Å². The number of hydrogen-bond donors (Lipinski definition) is 2. The van der Waals surface area contributed by atoms with Gasteiger partial charge in [-0.1, -0.05) is 17.7 Å². The highest BCUT2D eigenvalue weighted by Crippen LogP contribution is 2.31. The topological polar surface area (TPSA) is 35.5 Å². The van der Waals surface area contributed by atoms with Gasteiger partial charge in [-0.25, -0.2) is 0 Å². The van der Waals surface area contributed by atoms with Crippen LogP contribution < -0.4 is 10.2 Å². The first kappa shape index (κ1) is 13.2. The maximum absolute atomic E-state index is 9.20. The number of halogens is 1. The third-order valence-corrected chi connectivity index (χ3v) is 4.37. The van der Waals surface area contributed by atoms with Gasteiger partial charge in [0.15, 0.2) is 0 Å². The molecule has 2 fully saturated rings. The Balaban J connectivity index is 1.65. The number of benzene rings is 1. The second-order valence-electron chi connectivity index (χ2n) is 5.72. The Bertz CT molecular complexity index is 448. The molecule has 1 heterocycles. The van der Waals surface area contributed by atoms with Crippen LogP contribution in [0.3, 0.4) is 0 Å². The molecular weight excluding hydrogens is 260 g/mol. The quantitative estimate of drug-likeness (QED) is 0.869. The van der Waals surface area contributed by atoms with E-state index in [0.29, 0.717) is 5.92 Å². The predicted octanol–water partition coefficient (Wildman–Crippen LogP) is 2.41. The smallest absolute Gasteiger partial charge is 0.0642 e. The standard InChI is InChI=1S/C15H21ClN2O/c16-14-7-11(8-17-13-2-3-13)1-4-15(14)18-6-5-12(9-18)10-19/h1,4,7,12-13,17,19H,2-3,5-6,8-10H2. The minimum absolute atomic E-state index is 0.275. The summed E-state index contributed by atoms with van der Waals surface area (Å²) >= 11 is 6.40. The van der Waals surface area contributed by atoms with Crippen molar-refractivity contribution < 1.29 is 5.11 Å². The van der Waals surface area contributed by atoms with Crippen molar-refractivity contribution in [2.45, 2.75) is 31.8 Å². The zero-order valence-electron chi connectivity index (χ0n) is 11.1. The van der Waals surface area contributed by atoms with E-state index in [1.807, 2.05) is 0 Å². The molecule has 1 aromatic carbocycles. The van der Waals surface area contributed by atoms with Crippen molar-refractivity contribution in [3.63, 3.8) is 0 Å². The van der Waals surface area contributed by atoms with Crippen LogP contribution in [0.4, 0.5) is 5.69 Å². The fourth-order valence-electron chi connectivity index (χ4n) is 2.67. The van der Waals surface area contributed by atoms with Crippen molar-refractivity contribution >= 4 is 17.3 Å². The van der Waals surface area contributed by atoms with Gasteiger partial charge in [0.05, 0.1) is 10.7 Å². The van der Waals surface area contributed by atoms with Crippen LogP contribution in [0.1, 0.15) is 24.8 Å². The molecule has 1 aliphatic carbocycles. The number of rotatable bonds is 5. The molecule has 0 amide bonds. The number of aliphatic hydroxyl groups excluding tert-OH is 1. The van der Waals surface area contributed by atoms with E-state index in [4.69, 9.17) is 11.6 Å². The van der Waals surface area contributed by atoms with E-state index in [1.54, 1.807) is 0 Å². The van der Waals surface area contributed by atoms with Gasteiger partial charge in [-0.15, -0.1) is 0 Å². The van der Waals surface area contributed by atoms with Crippen LogP contribution in [0.2, 0.25) is 5.02 Å². The van der Waals surface area contributed by atoms with Gasteiger partial charge in [0, 0.05) is 38.2 Å². The summed E-state index contributed by atoms with van der Waals surface area (Å²) in [5.41, 5.74) is 2.35. The number of aliphatic hydroxyl groups is 1. The highest BCUT2D eigenvalue weighted by Gasteiger charge is 2.24. The monoisotopic (exact) mass is 280 g/mol. The molecule has 104 valence electrons. The van der Waals surface area contributed by atoms with Gasteiger partial charge in [0.2, 0.25) is 0 Å². The van der Waals surface area contributed by atoms with Crippen molar-refractivity contribution in [1.29, 1.82) is 0 Å². The van der Waals surface area contributed by atoms with Gasteiger partial charge in [-0.2, -0.15) is 0 Å². The molecule has 1 aromatic rings. The molecule has 1 saturated heterocycles. The van der Waals surface area contributed by atoms with Gasteiger partial charge in [0.1, 0.15) is 0 Å². The van der Waals surface area contributed by atoms with E-state index < -0.39 is 0 Å². The van der Waals surface area contributed by atoms with E-state index in [1.165, 1.54) is 18.4 Å². The second-order valence-corrected chi connectivity index (χ2v) is 6.13. The average Bonchev–Trinajstić information content (AvgIpc) is 3.13. The first-order valence-corrected chi connectivity index (χ1v) is 7.51. The van der Waals surface area contributed by atoms with Crippen LogP contribution in [-0.2, 0) is 6.54 Å². The van der Waals surface area contributed by atoms with Crippen molar-refractivity contribution in [2.75, 3.05) is 24.6 Å². The molecular formula is C15H21ClN2O. The third-order valence-electron chi connectivity index (χ3n) is 4.07. The fourth-order valence-corrected chi connectivity index (χ4v) is 2.99. The van der Waals surface area contributed by atoms with Gasteiger partial charge >= 0.3 is 0 Å². The molecule has 0 bridgehead atoms. The Morgan fingerprint density at radius 2 is 2.16 bits per heavy atom. The summed E-state index contributed by atoms with van der Waals surface area (Å²) in [4.78, 5) is 2.28. The summed E-state index contributed by atoms with van der Waals surface area (Å²) in [7, 11) is 0. The normalized spacial score (nSPS) is 23.1. The largest absolute Gasteiger partial charge is 0.396 e. The van der Waals surface area contributed by atoms with Gasteiger partial charge in [-0.05, 0) is 37.0 Å². The summed E-state index contributed by atoms with van der Waals surface area (Å²) in [6, 6.07) is 7.07. The maximum Gasteiger partial charge on any atom is 0.0642 e. The maximum atomic E-state index is 9.20. The lowest BCUT2D eigenvalue weighted by Gasteiger charge is -2.20. The minimum Gasteiger partial charge on any atom is -0.396 e. The van der Waals surface area contributed by atoms with E-state index in [2.05, 4.69) is 28.4 Å². The molecule has 2 N–H and O–H groups in total. The lowest BCUT2D eigenvalue weighted by atomic mass is 10.1. The molecule has 1 unspecified atom stereocenters. The van der Waals surface area contributed by atoms with E-state index in [-0.39, 0.29) is 6.61 Å². The van der Waals surface area contributed by atoms with Crippen molar-refractivity contribution in [3.8, 4) is 0 Å². The number of nitrogens with one attached hydrogen (secondary N) is 1. The Morgan fingerprint density at radius 3 is 2.79 bits per heavy atom. The summed E-state index contributed by atoms with van der Waals surface area (Å²) < 4.78 is 0. The van der Waals surface area contributed by atoms with Gasteiger partial charge in [0.25, 0.3) is 0 Å². The Labute approximate surface area is 119 Å². The van der Waals surface area contributed by atoms with Crippen LogP contribution in [0.15, 0.2) is 18.2 Å². The summed E-state index contributed by atoms with van der Waals surface area (Å²) in [6.45, 7) is 3.09. The molecule has 1 atom stereocenters. The molecule has 0 spiro atoms. The number of nitrogens with zero attached hydrogens (tertiary/aromatic N) is 1. The molecule has 1 saturated carbocycles. The highest BCUT2D eigenvalue weighted by molar-refractivity contribution is 6.33. The molecule has 0 radical (unpaired) electrons. The Hall–Kier alpha value is -0.770. The lowest BCUT2D eigenvalue weighted by Crippen LogP contribution is -2.21. The molecule has 19 heavy (non-hydrogen) atoms. The van der Waals surface area contributed by atoms with Crippen molar-refractivity contribution in [3.05, 3.63) is 28.8 Å². The number of hydrogen-bond acceptors (Lipinski definition) is 3. The minimum atomic E-state index is 0.275. The molecule has 3 rings (SSSR count). The fraction of sp³-hybridized carbons (Fsp3) is 0.600. The highest BCUT2D eigenvalue weighted by atomic mass is 35.5. The lowest BCUT2D eigenvalue weighted by molar-refractivity contribution is 0.238. The Kier molecular flexibility index (Phi) is 3.96. The average molecular weight is 281 g/mol. The summed E-state index contributed by atoms with van der Waals surface area (Å²) in [5, 5.41) is 13.5.